The number of rotatable bonds is 3. The molecule has 1 atom stereocenters. The predicted octanol–water partition coefficient (Wildman–Crippen LogP) is 3.73. The van der Waals surface area contributed by atoms with Gasteiger partial charge in [0.05, 0.1) is 6.04 Å². The van der Waals surface area contributed by atoms with Gasteiger partial charge in [0.25, 0.3) is 5.91 Å². The molecular formula is C19H16FNO3. The van der Waals surface area contributed by atoms with Crippen LogP contribution in [-0.2, 0) is 0 Å². The van der Waals surface area contributed by atoms with Crippen molar-refractivity contribution < 1.29 is 13.6 Å². The van der Waals surface area contributed by atoms with Gasteiger partial charge in [-0.2, -0.15) is 0 Å². The molecule has 4 nitrogen and oxygen atoms in total. The van der Waals surface area contributed by atoms with Crippen LogP contribution in [0, 0.1) is 12.7 Å². The highest BCUT2D eigenvalue weighted by atomic mass is 19.1. The third-order valence-electron chi connectivity index (χ3n) is 3.85. The van der Waals surface area contributed by atoms with Gasteiger partial charge in [0.1, 0.15) is 17.0 Å². The number of amides is 1. The lowest BCUT2D eigenvalue weighted by Crippen LogP contribution is -2.30. The van der Waals surface area contributed by atoms with E-state index >= 15 is 0 Å². The van der Waals surface area contributed by atoms with Crippen molar-refractivity contribution in [3.63, 3.8) is 0 Å². The molecule has 0 aliphatic rings. The molecule has 0 aliphatic carbocycles. The van der Waals surface area contributed by atoms with Crippen molar-refractivity contribution in [2.24, 2.45) is 0 Å². The monoisotopic (exact) mass is 325 g/mol. The SMILES string of the molecule is Cc1ccc2oc(=O)c(C(=O)N[C@H](C)c3ccc(F)cc3)cc2c1. The predicted molar refractivity (Wildman–Crippen MR) is 89.5 cm³/mol. The van der Waals surface area contributed by atoms with Gasteiger partial charge in [-0.15, -0.1) is 0 Å². The number of hydrogen-bond donors (Lipinski definition) is 1. The summed E-state index contributed by atoms with van der Waals surface area (Å²) in [6.07, 6.45) is 0. The van der Waals surface area contributed by atoms with E-state index in [2.05, 4.69) is 5.32 Å². The van der Waals surface area contributed by atoms with E-state index in [4.69, 9.17) is 4.42 Å². The van der Waals surface area contributed by atoms with E-state index in [1.807, 2.05) is 19.1 Å². The molecule has 0 radical (unpaired) electrons. The lowest BCUT2D eigenvalue weighted by Gasteiger charge is -2.14. The van der Waals surface area contributed by atoms with Crippen LogP contribution in [0.15, 0.2) is 57.7 Å². The molecule has 1 amide bonds. The molecule has 0 aliphatic heterocycles. The molecule has 5 heteroatoms. The molecule has 0 spiro atoms. The summed E-state index contributed by atoms with van der Waals surface area (Å²) in [4.78, 5) is 24.4. The number of benzene rings is 2. The third kappa shape index (κ3) is 3.20. The minimum atomic E-state index is -0.685. The lowest BCUT2D eigenvalue weighted by atomic mass is 10.1. The summed E-state index contributed by atoms with van der Waals surface area (Å²) in [6.45, 7) is 3.68. The van der Waals surface area contributed by atoms with Crippen LogP contribution in [0.25, 0.3) is 11.0 Å². The van der Waals surface area contributed by atoms with Crippen LogP contribution >= 0.6 is 0 Å². The number of nitrogens with one attached hydrogen (secondary N) is 1. The average Bonchev–Trinajstić information content (AvgIpc) is 2.55. The van der Waals surface area contributed by atoms with Crippen LogP contribution < -0.4 is 10.9 Å². The summed E-state index contributed by atoms with van der Waals surface area (Å²) >= 11 is 0. The Morgan fingerprint density at radius 1 is 1.12 bits per heavy atom. The van der Waals surface area contributed by atoms with E-state index in [0.29, 0.717) is 11.0 Å². The van der Waals surface area contributed by atoms with Crippen LogP contribution in [0.4, 0.5) is 4.39 Å². The van der Waals surface area contributed by atoms with Crippen LogP contribution in [0.2, 0.25) is 0 Å². The minimum Gasteiger partial charge on any atom is -0.422 e. The van der Waals surface area contributed by atoms with E-state index in [9.17, 15) is 14.0 Å². The van der Waals surface area contributed by atoms with Gasteiger partial charge >= 0.3 is 5.63 Å². The molecule has 24 heavy (non-hydrogen) atoms. The molecule has 0 unspecified atom stereocenters. The first-order valence-corrected chi connectivity index (χ1v) is 7.55. The van der Waals surface area contributed by atoms with Gasteiger partial charge in [-0.25, -0.2) is 9.18 Å². The Morgan fingerprint density at radius 3 is 2.54 bits per heavy atom. The van der Waals surface area contributed by atoms with Gasteiger partial charge in [-0.1, -0.05) is 23.8 Å². The Bertz CT molecular complexity index is 961. The maximum atomic E-state index is 13.0. The van der Waals surface area contributed by atoms with E-state index in [1.165, 1.54) is 18.2 Å². The van der Waals surface area contributed by atoms with Crippen molar-refractivity contribution in [2.45, 2.75) is 19.9 Å². The highest BCUT2D eigenvalue weighted by Crippen LogP contribution is 2.17. The summed E-state index contributed by atoms with van der Waals surface area (Å²) < 4.78 is 18.2. The van der Waals surface area contributed by atoms with E-state index in [0.717, 1.165) is 11.1 Å². The summed E-state index contributed by atoms with van der Waals surface area (Å²) in [5, 5.41) is 3.42. The minimum absolute atomic E-state index is 0.0536. The van der Waals surface area contributed by atoms with Crippen molar-refractivity contribution >= 4 is 16.9 Å². The third-order valence-corrected chi connectivity index (χ3v) is 3.85. The fourth-order valence-corrected chi connectivity index (χ4v) is 2.51. The Morgan fingerprint density at radius 2 is 1.83 bits per heavy atom. The summed E-state index contributed by atoms with van der Waals surface area (Å²) in [5.41, 5.74) is 1.44. The highest BCUT2D eigenvalue weighted by Gasteiger charge is 2.16. The lowest BCUT2D eigenvalue weighted by molar-refractivity contribution is 0.0936. The molecular weight excluding hydrogens is 309 g/mol. The fraction of sp³-hybridized carbons (Fsp3) is 0.158. The molecule has 3 rings (SSSR count). The largest absolute Gasteiger partial charge is 0.422 e. The quantitative estimate of drug-likeness (QED) is 0.746. The zero-order chi connectivity index (χ0) is 17.3. The maximum Gasteiger partial charge on any atom is 0.349 e. The summed E-state index contributed by atoms with van der Waals surface area (Å²) in [5.74, 6) is -0.869. The van der Waals surface area contributed by atoms with Gasteiger partial charge in [-0.05, 0) is 49.7 Å². The molecule has 122 valence electrons. The van der Waals surface area contributed by atoms with E-state index < -0.39 is 11.5 Å². The van der Waals surface area contributed by atoms with Gasteiger partial charge in [0.2, 0.25) is 0 Å². The second-order valence-electron chi connectivity index (χ2n) is 5.74. The number of carbonyl (C=O) groups excluding carboxylic acids is 1. The van der Waals surface area contributed by atoms with Crippen molar-refractivity contribution in [1.82, 2.24) is 5.32 Å². The number of carbonyl (C=O) groups is 1. The summed E-state index contributed by atoms with van der Waals surface area (Å²) in [7, 11) is 0. The smallest absolute Gasteiger partial charge is 0.349 e. The van der Waals surface area contributed by atoms with E-state index in [-0.39, 0.29) is 17.4 Å². The Labute approximate surface area is 137 Å². The standard InChI is InChI=1S/C19H16FNO3/c1-11-3-8-17-14(9-11)10-16(19(23)24-17)18(22)21-12(2)13-4-6-15(20)7-5-13/h3-10,12H,1-2H3,(H,21,22)/t12-/m1/s1. The molecule has 0 bridgehead atoms. The second-order valence-corrected chi connectivity index (χ2v) is 5.74. The summed E-state index contributed by atoms with van der Waals surface area (Å²) in [6, 6.07) is 12.4. The second kappa shape index (κ2) is 6.28. The van der Waals surface area contributed by atoms with Crippen molar-refractivity contribution in [2.75, 3.05) is 0 Å². The van der Waals surface area contributed by atoms with Crippen LogP contribution in [-0.4, -0.2) is 5.91 Å². The van der Waals surface area contributed by atoms with Crippen molar-refractivity contribution in [1.29, 1.82) is 0 Å². The fourth-order valence-electron chi connectivity index (χ4n) is 2.51. The van der Waals surface area contributed by atoms with Gasteiger partial charge in [0, 0.05) is 5.39 Å². The van der Waals surface area contributed by atoms with Crippen LogP contribution in [0.5, 0.6) is 0 Å². The molecule has 2 aromatic carbocycles. The van der Waals surface area contributed by atoms with Crippen molar-refractivity contribution in [3.8, 4) is 0 Å². The Hall–Kier alpha value is -2.95. The Kier molecular flexibility index (Phi) is 4.16. The first-order valence-electron chi connectivity index (χ1n) is 7.55. The number of aryl methyl sites for hydroxylation is 1. The molecule has 0 saturated heterocycles. The van der Waals surface area contributed by atoms with Gasteiger partial charge < -0.3 is 9.73 Å². The highest BCUT2D eigenvalue weighted by molar-refractivity contribution is 5.96. The van der Waals surface area contributed by atoms with Crippen LogP contribution in [0.1, 0.15) is 34.5 Å². The maximum absolute atomic E-state index is 13.0. The zero-order valence-electron chi connectivity index (χ0n) is 13.3. The van der Waals surface area contributed by atoms with Gasteiger partial charge in [0.15, 0.2) is 0 Å². The topological polar surface area (TPSA) is 59.3 Å². The first kappa shape index (κ1) is 15.9. The molecule has 0 saturated carbocycles. The van der Waals surface area contributed by atoms with Crippen molar-refractivity contribution in [3.05, 3.63) is 81.5 Å². The molecule has 1 N–H and O–H groups in total. The average molecular weight is 325 g/mol. The number of fused-ring (bicyclic) bond motifs is 1. The molecule has 1 aromatic heterocycles. The number of hydrogen-bond acceptors (Lipinski definition) is 3. The normalized spacial score (nSPS) is 12.1. The Balaban J connectivity index is 1.89. The zero-order valence-corrected chi connectivity index (χ0v) is 13.3. The first-order chi connectivity index (χ1) is 11.4. The van der Waals surface area contributed by atoms with Gasteiger partial charge in [-0.3, -0.25) is 4.79 Å². The molecule has 0 fully saturated rings. The number of halogens is 1. The van der Waals surface area contributed by atoms with E-state index in [1.54, 1.807) is 25.1 Å². The molecule has 1 heterocycles. The van der Waals surface area contributed by atoms with Crippen LogP contribution in [0.3, 0.4) is 0 Å². The molecule has 3 aromatic rings.